The van der Waals surface area contributed by atoms with E-state index in [-0.39, 0.29) is 18.1 Å². The van der Waals surface area contributed by atoms with Crippen molar-refractivity contribution in [2.24, 2.45) is 5.92 Å². The molecule has 0 spiro atoms. The highest BCUT2D eigenvalue weighted by Crippen LogP contribution is 2.41. The normalized spacial score (nSPS) is 49.5. The summed E-state index contributed by atoms with van der Waals surface area (Å²) in [6, 6.07) is 0. The van der Waals surface area contributed by atoms with Gasteiger partial charge in [-0.3, -0.25) is 4.79 Å². The molecule has 3 aliphatic heterocycles. The lowest BCUT2D eigenvalue weighted by atomic mass is 9.91. The van der Waals surface area contributed by atoms with Crippen molar-refractivity contribution >= 4 is 5.97 Å². The van der Waals surface area contributed by atoms with Gasteiger partial charge in [0.1, 0.15) is 18.3 Å². The maximum Gasteiger partial charge on any atom is 0.303 e. The Hall–Kier alpha value is -0.810. The second-order valence-electron chi connectivity index (χ2n) is 8.03. The SMILES string of the molecule is CC(=O)O[C@H]1C(C)O[C@H](O)[C@H](O)C1O[C@@H]1OC(C)[C@H](C)C2OC(C)(C)O[C@@H]21. The van der Waals surface area contributed by atoms with Crippen LogP contribution in [0.4, 0.5) is 0 Å². The molecule has 0 bridgehead atoms. The molecule has 0 amide bonds. The standard InChI is InChI=1S/C18H30O9/c1-7-8(2)23-17(15-12(7)26-18(5,6)27-15)25-14-11(20)16(21)22-9(3)13(14)24-10(4)19/h7-9,11-17,20-21H,1-6H3/t7-,8?,9?,11+,12?,13-,14?,15-,16-,17-/m0/s1. The van der Waals surface area contributed by atoms with Crippen LogP contribution >= 0.6 is 0 Å². The molecule has 27 heavy (non-hydrogen) atoms. The molecule has 9 nitrogen and oxygen atoms in total. The first-order chi connectivity index (χ1) is 12.5. The Bertz CT molecular complexity index is 553. The molecule has 4 unspecified atom stereocenters. The van der Waals surface area contributed by atoms with Crippen LogP contribution in [0.5, 0.6) is 0 Å². The van der Waals surface area contributed by atoms with Crippen molar-refractivity contribution in [1.29, 1.82) is 0 Å². The number of esters is 1. The number of aliphatic hydroxyl groups is 2. The lowest BCUT2D eigenvalue weighted by Gasteiger charge is -2.45. The van der Waals surface area contributed by atoms with Gasteiger partial charge in [0.2, 0.25) is 0 Å². The van der Waals surface area contributed by atoms with Gasteiger partial charge in [-0.25, -0.2) is 0 Å². The summed E-state index contributed by atoms with van der Waals surface area (Å²) < 4.78 is 34.5. The summed E-state index contributed by atoms with van der Waals surface area (Å²) in [7, 11) is 0. The molecule has 2 N–H and O–H groups in total. The summed E-state index contributed by atoms with van der Waals surface area (Å²) in [5.41, 5.74) is 0. The highest BCUT2D eigenvalue weighted by atomic mass is 16.8. The molecular formula is C18H30O9. The summed E-state index contributed by atoms with van der Waals surface area (Å²) in [6.07, 6.45) is -7.34. The average Bonchev–Trinajstić information content (AvgIpc) is 2.89. The van der Waals surface area contributed by atoms with Crippen LogP contribution in [0.25, 0.3) is 0 Å². The second-order valence-corrected chi connectivity index (χ2v) is 8.03. The Morgan fingerprint density at radius 2 is 1.59 bits per heavy atom. The van der Waals surface area contributed by atoms with Crippen LogP contribution in [-0.4, -0.2) is 77.3 Å². The zero-order valence-electron chi connectivity index (χ0n) is 16.5. The van der Waals surface area contributed by atoms with Crippen LogP contribution < -0.4 is 0 Å². The number of carbonyl (C=O) groups is 1. The number of hydrogen-bond donors (Lipinski definition) is 2. The second kappa shape index (κ2) is 7.55. The van der Waals surface area contributed by atoms with Crippen molar-refractivity contribution in [2.45, 2.75) is 103 Å². The van der Waals surface area contributed by atoms with E-state index in [1.807, 2.05) is 27.7 Å². The first kappa shape index (κ1) is 20.9. The Morgan fingerprint density at radius 1 is 0.963 bits per heavy atom. The number of aliphatic hydroxyl groups excluding tert-OH is 2. The molecule has 0 radical (unpaired) electrons. The largest absolute Gasteiger partial charge is 0.457 e. The van der Waals surface area contributed by atoms with Crippen molar-refractivity contribution in [3.05, 3.63) is 0 Å². The molecule has 0 aromatic heterocycles. The molecule has 3 fully saturated rings. The third-order valence-corrected chi connectivity index (χ3v) is 5.40. The molecule has 10 atom stereocenters. The fourth-order valence-corrected chi connectivity index (χ4v) is 3.89. The van der Waals surface area contributed by atoms with Crippen molar-refractivity contribution in [1.82, 2.24) is 0 Å². The lowest BCUT2D eigenvalue weighted by Crippen LogP contribution is -2.62. The van der Waals surface area contributed by atoms with E-state index in [1.165, 1.54) is 6.92 Å². The van der Waals surface area contributed by atoms with E-state index >= 15 is 0 Å². The van der Waals surface area contributed by atoms with Crippen molar-refractivity contribution in [3.63, 3.8) is 0 Å². The third kappa shape index (κ3) is 4.14. The highest BCUT2D eigenvalue weighted by Gasteiger charge is 2.56. The van der Waals surface area contributed by atoms with Gasteiger partial charge >= 0.3 is 5.97 Å². The van der Waals surface area contributed by atoms with Gasteiger partial charge in [-0.15, -0.1) is 0 Å². The van der Waals surface area contributed by atoms with Crippen LogP contribution in [0.1, 0.15) is 41.5 Å². The minimum Gasteiger partial charge on any atom is -0.457 e. The van der Waals surface area contributed by atoms with E-state index in [1.54, 1.807) is 6.92 Å². The van der Waals surface area contributed by atoms with E-state index in [9.17, 15) is 15.0 Å². The molecule has 9 heteroatoms. The van der Waals surface area contributed by atoms with Crippen LogP contribution in [0.2, 0.25) is 0 Å². The zero-order chi connectivity index (χ0) is 20.1. The smallest absolute Gasteiger partial charge is 0.303 e. The molecule has 0 aliphatic carbocycles. The van der Waals surface area contributed by atoms with E-state index in [0.717, 1.165) is 0 Å². The summed E-state index contributed by atoms with van der Waals surface area (Å²) in [5, 5.41) is 20.4. The fourth-order valence-electron chi connectivity index (χ4n) is 3.89. The van der Waals surface area contributed by atoms with Gasteiger partial charge in [0.15, 0.2) is 24.5 Å². The molecular weight excluding hydrogens is 360 g/mol. The molecule has 0 aromatic carbocycles. The summed E-state index contributed by atoms with van der Waals surface area (Å²) in [6.45, 7) is 10.4. The zero-order valence-corrected chi connectivity index (χ0v) is 16.5. The minimum absolute atomic E-state index is 0.0741. The van der Waals surface area contributed by atoms with E-state index in [2.05, 4.69) is 0 Å². The van der Waals surface area contributed by atoms with Crippen LogP contribution in [0, 0.1) is 5.92 Å². The molecule has 156 valence electrons. The molecule has 3 aliphatic rings. The number of rotatable bonds is 3. The molecule has 0 saturated carbocycles. The Labute approximate surface area is 158 Å². The van der Waals surface area contributed by atoms with E-state index in [0.29, 0.717) is 0 Å². The highest BCUT2D eigenvalue weighted by molar-refractivity contribution is 5.66. The van der Waals surface area contributed by atoms with Crippen molar-refractivity contribution < 1.29 is 43.4 Å². The van der Waals surface area contributed by atoms with Gasteiger partial charge in [-0.2, -0.15) is 0 Å². The first-order valence-electron chi connectivity index (χ1n) is 9.35. The number of carbonyl (C=O) groups excluding carboxylic acids is 1. The predicted octanol–water partition coefficient (Wildman–Crippen LogP) is 0.302. The minimum atomic E-state index is -1.47. The maximum atomic E-state index is 11.5. The maximum absolute atomic E-state index is 11.5. The quantitative estimate of drug-likeness (QED) is 0.657. The summed E-state index contributed by atoms with van der Waals surface area (Å²) in [4.78, 5) is 11.5. The van der Waals surface area contributed by atoms with Crippen molar-refractivity contribution in [3.8, 4) is 0 Å². The Balaban J connectivity index is 1.82. The third-order valence-electron chi connectivity index (χ3n) is 5.40. The monoisotopic (exact) mass is 390 g/mol. The first-order valence-corrected chi connectivity index (χ1v) is 9.35. The van der Waals surface area contributed by atoms with Crippen LogP contribution in [-0.2, 0) is 33.2 Å². The number of hydrogen-bond acceptors (Lipinski definition) is 9. The van der Waals surface area contributed by atoms with Crippen LogP contribution in [0.3, 0.4) is 0 Å². The van der Waals surface area contributed by atoms with Gasteiger partial charge in [0.05, 0.1) is 18.3 Å². The number of fused-ring (bicyclic) bond motifs is 1. The summed E-state index contributed by atoms with van der Waals surface area (Å²) in [5.74, 6) is -1.27. The van der Waals surface area contributed by atoms with Gasteiger partial charge in [-0.1, -0.05) is 6.92 Å². The summed E-state index contributed by atoms with van der Waals surface area (Å²) >= 11 is 0. The fraction of sp³-hybridized carbons (Fsp3) is 0.944. The Kier molecular flexibility index (Phi) is 5.85. The van der Waals surface area contributed by atoms with Crippen molar-refractivity contribution in [2.75, 3.05) is 0 Å². The predicted molar refractivity (Wildman–Crippen MR) is 90.3 cm³/mol. The topological polar surface area (TPSA) is 113 Å². The molecule has 0 aromatic rings. The number of ether oxygens (including phenoxy) is 6. The van der Waals surface area contributed by atoms with Gasteiger partial charge < -0.3 is 38.6 Å². The lowest BCUT2D eigenvalue weighted by molar-refractivity contribution is -0.339. The molecule has 3 heterocycles. The van der Waals surface area contributed by atoms with Crippen LogP contribution in [0.15, 0.2) is 0 Å². The molecule has 3 saturated heterocycles. The van der Waals surface area contributed by atoms with Gasteiger partial charge in [-0.05, 0) is 27.7 Å². The Morgan fingerprint density at radius 3 is 2.22 bits per heavy atom. The molecule has 3 rings (SSSR count). The van der Waals surface area contributed by atoms with Gasteiger partial charge in [0, 0.05) is 12.8 Å². The van der Waals surface area contributed by atoms with Gasteiger partial charge in [0.25, 0.3) is 0 Å². The van der Waals surface area contributed by atoms with E-state index in [4.69, 9.17) is 28.4 Å². The average molecular weight is 390 g/mol. The van der Waals surface area contributed by atoms with E-state index < -0.39 is 54.9 Å².